The number of halogens is 2. The number of fused-ring (bicyclic) bond motifs is 2. The Morgan fingerprint density at radius 3 is 2.58 bits per heavy atom. The van der Waals surface area contributed by atoms with Crippen LogP contribution in [0.15, 0.2) is 63.9 Å². The minimum Gasteiger partial charge on any atom is -0.331 e. The maximum atomic E-state index is 13.2. The van der Waals surface area contributed by atoms with Crippen molar-refractivity contribution in [2.45, 2.75) is 0 Å². The van der Waals surface area contributed by atoms with Crippen LogP contribution in [0.2, 0.25) is 0 Å². The van der Waals surface area contributed by atoms with E-state index in [9.17, 15) is 9.59 Å². The van der Waals surface area contributed by atoms with Crippen molar-refractivity contribution in [2.24, 2.45) is 0 Å². The summed E-state index contributed by atoms with van der Waals surface area (Å²) in [4.78, 5) is 29.1. The number of hydrogen-bond donors (Lipinski definition) is 1. The minimum absolute atomic E-state index is 0.0840. The highest BCUT2D eigenvalue weighted by Gasteiger charge is 2.17. The van der Waals surface area contributed by atoms with Crippen LogP contribution in [0.3, 0.4) is 0 Å². The Bertz CT molecular complexity index is 1330. The molecule has 3 aromatic carbocycles. The number of nitrogens with one attached hydrogen (secondary N) is 1. The predicted octanol–water partition coefficient (Wildman–Crippen LogP) is 5.27. The second kappa shape index (κ2) is 6.71. The molecule has 0 atom stereocenters. The van der Waals surface area contributed by atoms with E-state index in [1.54, 1.807) is 24.3 Å². The summed E-state index contributed by atoms with van der Waals surface area (Å²) in [5.41, 5.74) is 0.625. The van der Waals surface area contributed by atoms with Gasteiger partial charge in [0.2, 0.25) is 0 Å². The van der Waals surface area contributed by atoms with Crippen molar-refractivity contribution in [2.75, 3.05) is 0 Å². The largest absolute Gasteiger partial charge is 0.331 e. The molecule has 0 amide bonds. The molecule has 0 aliphatic rings. The molecule has 7 heteroatoms. The van der Waals surface area contributed by atoms with Gasteiger partial charge in [0.1, 0.15) is 0 Å². The number of rotatable bonds is 1. The first-order valence-corrected chi connectivity index (χ1v) is 9.92. The number of carbonyl (C=O) groups is 1. The molecule has 0 unspecified atom stereocenters. The summed E-state index contributed by atoms with van der Waals surface area (Å²) >= 11 is 10.9. The Kier molecular flexibility index (Phi) is 4.54. The molecule has 1 heterocycles. The highest BCUT2D eigenvalue weighted by atomic mass is 127. The number of aromatic amines is 1. The third-order valence-corrected chi connectivity index (χ3v) is 5.81. The zero-order valence-electron chi connectivity index (χ0n) is 13.1. The molecule has 1 aromatic heterocycles. The average Bonchev–Trinajstić information content (AvgIpc) is 2.62. The lowest BCUT2D eigenvalue weighted by molar-refractivity contribution is 0.0955. The van der Waals surface area contributed by atoms with Crippen LogP contribution < -0.4 is 5.56 Å². The smallest absolute Gasteiger partial charge is 0.269 e. The van der Waals surface area contributed by atoms with Gasteiger partial charge >= 0.3 is 0 Å². The summed E-state index contributed by atoms with van der Waals surface area (Å²) in [6.45, 7) is 0. The summed E-state index contributed by atoms with van der Waals surface area (Å²) in [5.74, 6) is -0.444. The fourth-order valence-electron chi connectivity index (χ4n) is 2.95. The first-order valence-electron chi connectivity index (χ1n) is 7.64. The molecule has 0 saturated heterocycles. The highest BCUT2D eigenvalue weighted by molar-refractivity contribution is 14.1. The van der Waals surface area contributed by atoms with Gasteiger partial charge in [-0.25, -0.2) is 4.57 Å². The second-order valence-electron chi connectivity index (χ2n) is 5.71. The van der Waals surface area contributed by atoms with Crippen LogP contribution in [-0.2, 0) is 0 Å². The Balaban J connectivity index is 2.03. The van der Waals surface area contributed by atoms with E-state index in [2.05, 4.69) is 43.5 Å². The number of nitrogens with zero attached hydrogens (tertiary/aromatic N) is 1. The van der Waals surface area contributed by atoms with Crippen molar-refractivity contribution >= 4 is 78.3 Å². The summed E-state index contributed by atoms with van der Waals surface area (Å²) in [7, 11) is 0. The number of carbonyl (C=O) groups excluding carboxylic acids is 1. The van der Waals surface area contributed by atoms with Crippen molar-refractivity contribution in [3.05, 3.63) is 83.3 Å². The van der Waals surface area contributed by atoms with E-state index in [1.165, 1.54) is 0 Å². The number of aromatic nitrogens is 2. The van der Waals surface area contributed by atoms with Crippen molar-refractivity contribution in [1.82, 2.24) is 9.55 Å². The maximum absolute atomic E-state index is 13.2. The molecule has 4 nitrogen and oxygen atoms in total. The summed E-state index contributed by atoms with van der Waals surface area (Å²) < 4.78 is 2.91. The van der Waals surface area contributed by atoms with Crippen molar-refractivity contribution in [3.63, 3.8) is 0 Å². The van der Waals surface area contributed by atoms with Crippen LogP contribution in [0, 0.1) is 8.34 Å². The molecule has 0 bridgehead atoms. The molecule has 0 saturated carbocycles. The van der Waals surface area contributed by atoms with Crippen LogP contribution in [0.4, 0.5) is 0 Å². The second-order valence-corrected chi connectivity index (χ2v) is 8.19. The van der Waals surface area contributed by atoms with Gasteiger partial charge in [-0.1, -0.05) is 40.2 Å². The van der Waals surface area contributed by atoms with E-state index in [4.69, 9.17) is 12.2 Å². The summed E-state index contributed by atoms with van der Waals surface area (Å²) in [5, 5.41) is 2.09. The lowest BCUT2D eigenvalue weighted by atomic mass is 10.0. The van der Waals surface area contributed by atoms with Gasteiger partial charge in [0, 0.05) is 13.6 Å². The SMILES string of the molecule is O=C(c1cccc2c(Br)cccc12)n1c(=S)[nH]c2ccc(I)cc2c1=O. The number of H-pyrrole nitrogens is 1. The molecule has 0 aliphatic heterocycles. The molecule has 4 rings (SSSR count). The average molecular weight is 537 g/mol. The molecule has 0 fully saturated rings. The van der Waals surface area contributed by atoms with Gasteiger partial charge in [0.05, 0.1) is 10.9 Å². The third kappa shape index (κ3) is 2.83. The maximum Gasteiger partial charge on any atom is 0.269 e. The summed E-state index contributed by atoms with van der Waals surface area (Å²) in [6, 6.07) is 16.5. The fourth-order valence-corrected chi connectivity index (χ4v) is 4.21. The van der Waals surface area contributed by atoms with Gasteiger partial charge in [-0.3, -0.25) is 9.59 Å². The van der Waals surface area contributed by atoms with Crippen LogP contribution in [0.5, 0.6) is 0 Å². The van der Waals surface area contributed by atoms with Gasteiger partial charge in [-0.15, -0.1) is 0 Å². The highest BCUT2D eigenvalue weighted by Crippen LogP contribution is 2.26. The minimum atomic E-state index is -0.444. The normalized spacial score (nSPS) is 11.2. The molecule has 128 valence electrons. The van der Waals surface area contributed by atoms with E-state index in [1.807, 2.05) is 30.3 Å². The molecule has 26 heavy (non-hydrogen) atoms. The van der Waals surface area contributed by atoms with Gasteiger partial charge in [0.25, 0.3) is 11.5 Å². The predicted molar refractivity (Wildman–Crippen MR) is 117 cm³/mol. The van der Waals surface area contributed by atoms with Gasteiger partial charge in [-0.05, 0) is 75.9 Å². The van der Waals surface area contributed by atoms with Crippen LogP contribution >= 0.6 is 50.7 Å². The van der Waals surface area contributed by atoms with Crippen LogP contribution in [0.25, 0.3) is 21.7 Å². The number of benzene rings is 3. The number of hydrogen-bond acceptors (Lipinski definition) is 3. The van der Waals surface area contributed by atoms with E-state index < -0.39 is 11.5 Å². The van der Waals surface area contributed by atoms with Gasteiger partial charge < -0.3 is 4.98 Å². The fraction of sp³-hybridized carbons (Fsp3) is 0. The lowest BCUT2D eigenvalue weighted by Gasteiger charge is -2.10. The zero-order valence-corrected chi connectivity index (χ0v) is 17.7. The summed E-state index contributed by atoms with van der Waals surface area (Å²) in [6.07, 6.45) is 0. The molecule has 0 aliphatic carbocycles. The Morgan fingerprint density at radius 1 is 1.04 bits per heavy atom. The van der Waals surface area contributed by atoms with Crippen molar-refractivity contribution in [1.29, 1.82) is 0 Å². The van der Waals surface area contributed by atoms with Crippen molar-refractivity contribution in [3.8, 4) is 0 Å². The van der Waals surface area contributed by atoms with E-state index >= 15 is 0 Å². The molecule has 0 spiro atoms. The van der Waals surface area contributed by atoms with Crippen LogP contribution in [0.1, 0.15) is 10.4 Å². The van der Waals surface area contributed by atoms with Gasteiger partial charge in [0.15, 0.2) is 4.77 Å². The van der Waals surface area contributed by atoms with E-state index in [-0.39, 0.29) is 4.77 Å². The quantitative estimate of drug-likeness (QED) is 0.266. The van der Waals surface area contributed by atoms with Crippen LogP contribution in [-0.4, -0.2) is 15.5 Å². The Morgan fingerprint density at radius 2 is 1.77 bits per heavy atom. The van der Waals surface area contributed by atoms with E-state index in [0.29, 0.717) is 16.5 Å². The third-order valence-electron chi connectivity index (χ3n) is 4.16. The molecule has 0 radical (unpaired) electrons. The molecular weight excluding hydrogens is 527 g/mol. The topological polar surface area (TPSA) is 54.9 Å². The lowest BCUT2D eigenvalue weighted by Crippen LogP contribution is -2.29. The van der Waals surface area contributed by atoms with Crippen molar-refractivity contribution < 1.29 is 4.79 Å². The molecule has 4 aromatic rings. The monoisotopic (exact) mass is 536 g/mol. The Hall–Kier alpha value is -1.84. The van der Waals surface area contributed by atoms with Gasteiger partial charge in [-0.2, -0.15) is 0 Å². The first-order chi connectivity index (χ1) is 12.5. The van der Waals surface area contributed by atoms with E-state index in [0.717, 1.165) is 23.4 Å². The zero-order chi connectivity index (χ0) is 18.4. The molecule has 1 N–H and O–H groups in total. The standard InChI is InChI=1S/C19H10BrIN2O2S/c20-15-6-2-3-11-12(15)4-1-5-13(11)17(24)23-18(25)14-9-10(21)7-8-16(14)22-19(23)26/h1-9H,(H,22,26). The molecular formula is C19H10BrIN2O2S. The first kappa shape index (κ1) is 17.6. The Labute approximate surface area is 175 Å².